The van der Waals surface area contributed by atoms with E-state index in [-0.39, 0.29) is 59.8 Å². The molecule has 0 unspecified atom stereocenters. The van der Waals surface area contributed by atoms with E-state index in [9.17, 15) is 23.6 Å². The number of Topliss-reactive ketones (excluding diaryl/α,β-unsaturated/α-hetero) is 1. The maximum absolute atomic E-state index is 13.9. The maximum Gasteiger partial charge on any atom is 0.307 e. The number of nitrogens with one attached hydrogen (secondary N) is 2. The molecule has 31 heavy (non-hydrogen) atoms. The SMILES string of the molecule is CCOC(=O)CCNC(=O)[C@H]1CC(=O)c2sc(NC(=O)c3c(F)cccc3Cl)nc2C1. The second-order valence-electron chi connectivity index (χ2n) is 6.72. The van der Waals surface area contributed by atoms with Crippen molar-refractivity contribution in [3.8, 4) is 0 Å². The molecule has 1 aromatic heterocycles. The van der Waals surface area contributed by atoms with Crippen LogP contribution in [0.2, 0.25) is 5.02 Å². The molecule has 1 heterocycles. The first-order chi connectivity index (χ1) is 14.8. The molecule has 2 N–H and O–H groups in total. The monoisotopic (exact) mass is 467 g/mol. The number of benzene rings is 1. The molecule has 1 aliphatic rings. The summed E-state index contributed by atoms with van der Waals surface area (Å²) in [6, 6.07) is 3.89. The van der Waals surface area contributed by atoms with Crippen molar-refractivity contribution in [1.29, 1.82) is 0 Å². The van der Waals surface area contributed by atoms with Crippen molar-refractivity contribution in [3.63, 3.8) is 0 Å². The highest BCUT2D eigenvalue weighted by Gasteiger charge is 2.33. The standard InChI is InChI=1S/C20H19ClFN3O5S/c1-2-30-15(27)6-7-23-18(28)10-8-13-17(14(26)9-10)31-20(24-13)25-19(29)16-11(21)4-3-5-12(16)22/h3-5,10H,2,6-9H2,1H3,(H,23,28)(H,24,25,29)/t10-/m1/s1. The van der Waals surface area contributed by atoms with Crippen LogP contribution in [-0.2, 0) is 20.7 Å². The van der Waals surface area contributed by atoms with Crippen LogP contribution in [0, 0.1) is 11.7 Å². The van der Waals surface area contributed by atoms with Crippen LogP contribution in [0.15, 0.2) is 18.2 Å². The van der Waals surface area contributed by atoms with Gasteiger partial charge in [-0.2, -0.15) is 0 Å². The lowest BCUT2D eigenvalue weighted by molar-refractivity contribution is -0.143. The second kappa shape index (κ2) is 9.97. The predicted octanol–water partition coefficient (Wildman–Crippen LogP) is 3.00. The Hall–Kier alpha value is -2.85. The number of aromatic nitrogens is 1. The molecule has 0 spiro atoms. The molecule has 1 aromatic carbocycles. The number of anilines is 1. The highest BCUT2D eigenvalue weighted by molar-refractivity contribution is 7.17. The number of hydrogen-bond acceptors (Lipinski definition) is 7. The van der Waals surface area contributed by atoms with Gasteiger partial charge in [0.2, 0.25) is 5.91 Å². The highest BCUT2D eigenvalue weighted by Crippen LogP contribution is 2.33. The fourth-order valence-electron chi connectivity index (χ4n) is 3.11. The molecular weight excluding hydrogens is 449 g/mol. The van der Waals surface area contributed by atoms with Gasteiger partial charge in [-0.05, 0) is 19.1 Å². The van der Waals surface area contributed by atoms with Gasteiger partial charge in [-0.1, -0.05) is 29.0 Å². The number of thiazole rings is 1. The summed E-state index contributed by atoms with van der Waals surface area (Å²) < 4.78 is 18.7. The summed E-state index contributed by atoms with van der Waals surface area (Å²) in [4.78, 5) is 53.2. The molecule has 0 saturated heterocycles. The van der Waals surface area contributed by atoms with E-state index < -0.39 is 23.6 Å². The average Bonchev–Trinajstić information content (AvgIpc) is 3.11. The number of rotatable bonds is 7. The Morgan fingerprint density at radius 2 is 2.10 bits per heavy atom. The minimum atomic E-state index is -0.782. The number of hydrogen-bond donors (Lipinski definition) is 2. The van der Waals surface area contributed by atoms with Crippen LogP contribution in [-0.4, -0.2) is 41.7 Å². The van der Waals surface area contributed by atoms with E-state index in [4.69, 9.17) is 16.3 Å². The Morgan fingerprint density at radius 3 is 2.81 bits per heavy atom. The van der Waals surface area contributed by atoms with E-state index in [0.29, 0.717) is 10.6 Å². The molecule has 2 amide bonds. The molecule has 0 fully saturated rings. The zero-order chi connectivity index (χ0) is 22.5. The third-order valence-corrected chi connectivity index (χ3v) is 5.91. The minimum absolute atomic E-state index is 0.00698. The Bertz CT molecular complexity index is 1020. The summed E-state index contributed by atoms with van der Waals surface area (Å²) >= 11 is 6.87. The summed E-state index contributed by atoms with van der Waals surface area (Å²) in [6.07, 6.45) is 0.239. The van der Waals surface area contributed by atoms with Crippen LogP contribution in [0.5, 0.6) is 0 Å². The molecule has 11 heteroatoms. The molecule has 8 nitrogen and oxygen atoms in total. The molecule has 1 atom stereocenters. The molecule has 3 rings (SSSR count). The zero-order valence-corrected chi connectivity index (χ0v) is 18.1. The maximum atomic E-state index is 13.9. The minimum Gasteiger partial charge on any atom is -0.466 e. The quantitative estimate of drug-likeness (QED) is 0.605. The van der Waals surface area contributed by atoms with Crippen LogP contribution in [0.25, 0.3) is 0 Å². The van der Waals surface area contributed by atoms with Gasteiger partial charge in [-0.15, -0.1) is 0 Å². The van der Waals surface area contributed by atoms with Crippen molar-refractivity contribution in [2.24, 2.45) is 5.92 Å². The Balaban J connectivity index is 1.64. The summed E-state index contributed by atoms with van der Waals surface area (Å²) in [5, 5.41) is 5.15. The topological polar surface area (TPSA) is 114 Å². The molecule has 0 saturated carbocycles. The lowest BCUT2D eigenvalue weighted by Gasteiger charge is -2.19. The number of fused-ring (bicyclic) bond motifs is 1. The van der Waals surface area contributed by atoms with Crippen LogP contribution in [0.3, 0.4) is 0 Å². The predicted molar refractivity (Wildman–Crippen MR) is 112 cm³/mol. The lowest BCUT2D eigenvalue weighted by atomic mass is 9.89. The first kappa shape index (κ1) is 22.8. The van der Waals surface area contributed by atoms with Gasteiger partial charge in [-0.3, -0.25) is 24.5 Å². The van der Waals surface area contributed by atoms with Crippen molar-refractivity contribution in [3.05, 3.63) is 45.2 Å². The number of amides is 2. The first-order valence-corrected chi connectivity index (χ1v) is 10.7. The average molecular weight is 468 g/mol. The molecule has 1 aliphatic carbocycles. The fourth-order valence-corrected chi connectivity index (χ4v) is 4.29. The second-order valence-corrected chi connectivity index (χ2v) is 8.13. The number of ether oxygens (including phenoxy) is 1. The van der Waals surface area contributed by atoms with Gasteiger partial charge in [0.1, 0.15) is 5.82 Å². The number of ketones is 1. The normalized spacial score (nSPS) is 15.2. The number of nitrogens with zero attached hydrogens (tertiary/aromatic N) is 1. The van der Waals surface area contributed by atoms with Crippen molar-refractivity contribution in [2.75, 3.05) is 18.5 Å². The van der Waals surface area contributed by atoms with E-state index in [1.54, 1.807) is 6.92 Å². The van der Waals surface area contributed by atoms with Gasteiger partial charge in [0, 0.05) is 19.4 Å². The van der Waals surface area contributed by atoms with Crippen molar-refractivity contribution < 1.29 is 28.3 Å². The third-order valence-electron chi connectivity index (χ3n) is 4.54. The van der Waals surface area contributed by atoms with Gasteiger partial charge in [-0.25, -0.2) is 9.37 Å². The van der Waals surface area contributed by atoms with Gasteiger partial charge < -0.3 is 10.1 Å². The number of carbonyl (C=O) groups excluding carboxylic acids is 4. The Morgan fingerprint density at radius 1 is 1.32 bits per heavy atom. The van der Waals surface area contributed by atoms with E-state index in [0.717, 1.165) is 17.4 Å². The van der Waals surface area contributed by atoms with Crippen molar-refractivity contribution in [1.82, 2.24) is 10.3 Å². The first-order valence-electron chi connectivity index (χ1n) is 9.51. The molecule has 0 aliphatic heterocycles. The lowest BCUT2D eigenvalue weighted by Crippen LogP contribution is -2.36. The van der Waals surface area contributed by atoms with Gasteiger partial charge in [0.25, 0.3) is 5.91 Å². The zero-order valence-electron chi connectivity index (χ0n) is 16.5. The smallest absolute Gasteiger partial charge is 0.307 e. The molecular formula is C20H19ClFN3O5S. The number of esters is 1. The third kappa shape index (κ3) is 5.45. The molecule has 2 aromatic rings. The van der Waals surface area contributed by atoms with E-state index >= 15 is 0 Å². The van der Waals surface area contributed by atoms with Gasteiger partial charge in [0.15, 0.2) is 10.9 Å². The van der Waals surface area contributed by atoms with Crippen molar-refractivity contribution >= 4 is 51.6 Å². The summed E-state index contributed by atoms with van der Waals surface area (Å²) in [7, 11) is 0. The van der Waals surface area contributed by atoms with Crippen LogP contribution in [0.4, 0.5) is 9.52 Å². The van der Waals surface area contributed by atoms with E-state index in [1.165, 1.54) is 12.1 Å². The number of carbonyl (C=O) groups is 4. The van der Waals surface area contributed by atoms with Gasteiger partial charge >= 0.3 is 5.97 Å². The largest absolute Gasteiger partial charge is 0.466 e. The van der Waals surface area contributed by atoms with Crippen LogP contribution >= 0.6 is 22.9 Å². The van der Waals surface area contributed by atoms with Crippen LogP contribution in [0.1, 0.15) is 45.5 Å². The van der Waals surface area contributed by atoms with Gasteiger partial charge in [0.05, 0.1) is 40.1 Å². The molecule has 164 valence electrons. The Kier molecular flexibility index (Phi) is 7.34. The summed E-state index contributed by atoms with van der Waals surface area (Å²) in [6.45, 7) is 2.06. The van der Waals surface area contributed by atoms with E-state index in [2.05, 4.69) is 15.6 Å². The Labute approximate surface area is 186 Å². The summed E-state index contributed by atoms with van der Waals surface area (Å²) in [5.74, 6) is -3.24. The summed E-state index contributed by atoms with van der Waals surface area (Å²) in [5.41, 5.74) is 0.0734. The van der Waals surface area contributed by atoms with Crippen LogP contribution < -0.4 is 10.6 Å². The fraction of sp³-hybridized carbons (Fsp3) is 0.350. The molecule has 0 radical (unpaired) electrons. The number of halogens is 2. The van der Waals surface area contributed by atoms with Crippen molar-refractivity contribution in [2.45, 2.75) is 26.2 Å². The highest BCUT2D eigenvalue weighted by atomic mass is 35.5. The van der Waals surface area contributed by atoms with E-state index in [1.807, 2.05) is 0 Å². The molecule has 0 bridgehead atoms.